The van der Waals surface area contributed by atoms with Gasteiger partial charge in [-0.25, -0.2) is 0 Å². The van der Waals surface area contributed by atoms with Crippen molar-refractivity contribution in [3.63, 3.8) is 0 Å². The number of rotatable bonds is 10. The van der Waals surface area contributed by atoms with E-state index in [2.05, 4.69) is 51.6 Å². The van der Waals surface area contributed by atoms with Crippen LogP contribution >= 0.6 is 0 Å². The summed E-state index contributed by atoms with van der Waals surface area (Å²) < 4.78 is 11.8. The molecule has 3 atom stereocenters. The first kappa shape index (κ1) is 25.1. The van der Waals surface area contributed by atoms with Gasteiger partial charge in [0.25, 0.3) is 8.32 Å². The molecule has 0 aromatic heterocycles. The van der Waals surface area contributed by atoms with Gasteiger partial charge in [-0.15, -0.1) is 6.58 Å². The summed E-state index contributed by atoms with van der Waals surface area (Å²) in [5, 5.41) is 13.2. The van der Waals surface area contributed by atoms with E-state index in [-0.39, 0.29) is 11.0 Å². The molecule has 0 fully saturated rings. The van der Waals surface area contributed by atoms with Gasteiger partial charge in [-0.2, -0.15) is 0 Å². The highest BCUT2D eigenvalue weighted by molar-refractivity contribution is 6.99. The van der Waals surface area contributed by atoms with Gasteiger partial charge in [-0.05, 0) is 21.8 Å². The first-order valence-corrected chi connectivity index (χ1v) is 12.7. The lowest BCUT2D eigenvalue weighted by molar-refractivity contribution is -0.151. The number of hydrogen-bond acceptors (Lipinski definition) is 4. The molecular weight excluding hydrogens is 404 g/mol. The van der Waals surface area contributed by atoms with Crippen molar-refractivity contribution >= 4 is 24.7 Å². The van der Waals surface area contributed by atoms with Gasteiger partial charge in [-0.3, -0.25) is 4.79 Å². The van der Waals surface area contributed by atoms with E-state index in [1.165, 1.54) is 17.5 Å². The second-order valence-electron chi connectivity index (χ2n) is 9.10. The average molecular weight is 441 g/mol. The van der Waals surface area contributed by atoms with E-state index < -0.39 is 26.3 Å². The Hall–Kier alpha value is -2.21. The van der Waals surface area contributed by atoms with Gasteiger partial charge < -0.3 is 14.3 Å². The number of aliphatic hydroxyl groups excluding tert-OH is 1. The molecular formula is C26H36O4Si. The molecule has 2 aromatic rings. The molecule has 0 unspecified atom stereocenters. The van der Waals surface area contributed by atoms with Crippen LogP contribution in [-0.2, 0) is 14.0 Å². The Kier molecular flexibility index (Phi) is 8.80. The summed E-state index contributed by atoms with van der Waals surface area (Å²) in [5.74, 6) is -1.34. The molecule has 0 bridgehead atoms. The summed E-state index contributed by atoms with van der Waals surface area (Å²) in [6, 6.07) is 20.8. The van der Waals surface area contributed by atoms with E-state index >= 15 is 0 Å². The van der Waals surface area contributed by atoms with E-state index in [0.717, 1.165) is 0 Å². The van der Waals surface area contributed by atoms with Crippen molar-refractivity contribution < 1.29 is 19.1 Å². The molecule has 0 amide bonds. The first-order chi connectivity index (χ1) is 14.7. The van der Waals surface area contributed by atoms with Crippen LogP contribution in [0.25, 0.3) is 0 Å². The lowest BCUT2D eigenvalue weighted by Crippen LogP contribution is -2.67. The lowest BCUT2D eigenvalue weighted by Gasteiger charge is -2.44. The molecule has 0 aliphatic carbocycles. The lowest BCUT2D eigenvalue weighted by atomic mass is 9.90. The number of esters is 1. The number of carbonyl (C=O) groups excluding carboxylic acids is 1. The van der Waals surface area contributed by atoms with Crippen LogP contribution in [0.3, 0.4) is 0 Å². The molecule has 0 saturated carbocycles. The van der Waals surface area contributed by atoms with Crippen LogP contribution in [-0.4, -0.2) is 39.2 Å². The quantitative estimate of drug-likeness (QED) is 0.346. The van der Waals surface area contributed by atoms with Crippen molar-refractivity contribution in [2.24, 2.45) is 11.8 Å². The summed E-state index contributed by atoms with van der Waals surface area (Å²) in [6.07, 6.45) is 1.11. The Labute approximate surface area is 188 Å². The molecule has 0 aliphatic rings. The van der Waals surface area contributed by atoms with Gasteiger partial charge in [0.05, 0.1) is 19.1 Å². The monoisotopic (exact) mass is 440 g/mol. The molecule has 2 rings (SSSR count). The Morgan fingerprint density at radius 3 is 1.94 bits per heavy atom. The fraction of sp³-hybridized carbons (Fsp3) is 0.423. The van der Waals surface area contributed by atoms with Crippen molar-refractivity contribution in [1.82, 2.24) is 0 Å². The SMILES string of the molecule is C=CC[C@H](C(=O)OC)[C@@H](O)[C@@H](C)CO[Si](c1ccccc1)(c1ccccc1)C(C)(C)C. The number of methoxy groups -OCH3 is 1. The zero-order chi connectivity index (χ0) is 23.1. The third kappa shape index (κ3) is 5.53. The topological polar surface area (TPSA) is 55.8 Å². The van der Waals surface area contributed by atoms with Gasteiger partial charge in [0.1, 0.15) is 0 Å². The van der Waals surface area contributed by atoms with Crippen LogP contribution in [0, 0.1) is 11.8 Å². The van der Waals surface area contributed by atoms with Crippen LogP contribution in [0.1, 0.15) is 34.1 Å². The molecule has 2 aromatic carbocycles. The highest BCUT2D eigenvalue weighted by Gasteiger charge is 2.50. The molecule has 1 N–H and O–H groups in total. The largest absolute Gasteiger partial charge is 0.469 e. The molecule has 31 heavy (non-hydrogen) atoms. The first-order valence-electron chi connectivity index (χ1n) is 10.8. The molecule has 0 aliphatic heterocycles. The molecule has 0 saturated heterocycles. The van der Waals surface area contributed by atoms with Crippen molar-refractivity contribution in [3.8, 4) is 0 Å². The molecule has 0 spiro atoms. The number of benzene rings is 2. The minimum Gasteiger partial charge on any atom is -0.469 e. The molecule has 5 heteroatoms. The van der Waals surface area contributed by atoms with Crippen LogP contribution in [0.15, 0.2) is 73.3 Å². The summed E-state index contributed by atoms with van der Waals surface area (Å²) in [5.41, 5.74) is 0. The van der Waals surface area contributed by atoms with Crippen molar-refractivity contribution in [2.75, 3.05) is 13.7 Å². The van der Waals surface area contributed by atoms with Gasteiger partial charge in [-0.1, -0.05) is 94.4 Å². The Morgan fingerprint density at radius 1 is 1.06 bits per heavy atom. The summed E-state index contributed by atoms with van der Waals surface area (Å²) in [4.78, 5) is 12.2. The second kappa shape index (κ2) is 10.9. The van der Waals surface area contributed by atoms with Gasteiger partial charge in [0.2, 0.25) is 0 Å². The maximum absolute atomic E-state index is 12.2. The molecule has 0 radical (unpaired) electrons. The minimum atomic E-state index is -2.69. The van der Waals surface area contributed by atoms with Crippen LogP contribution < -0.4 is 10.4 Å². The van der Waals surface area contributed by atoms with Crippen molar-refractivity contribution in [2.45, 2.75) is 45.3 Å². The molecule has 4 nitrogen and oxygen atoms in total. The van der Waals surface area contributed by atoms with E-state index in [9.17, 15) is 9.90 Å². The highest BCUT2D eigenvalue weighted by Crippen LogP contribution is 2.37. The predicted octanol–water partition coefficient (Wildman–Crippen LogP) is 3.93. The highest BCUT2D eigenvalue weighted by atomic mass is 28.4. The maximum Gasteiger partial charge on any atom is 0.311 e. The summed E-state index contributed by atoms with van der Waals surface area (Å²) >= 11 is 0. The normalized spacial score (nSPS) is 15.0. The smallest absolute Gasteiger partial charge is 0.311 e. The van der Waals surface area contributed by atoms with E-state index in [0.29, 0.717) is 13.0 Å². The average Bonchev–Trinajstić information content (AvgIpc) is 2.77. The fourth-order valence-electron chi connectivity index (χ4n) is 4.22. The Morgan fingerprint density at radius 2 is 1.55 bits per heavy atom. The van der Waals surface area contributed by atoms with E-state index in [1.807, 2.05) is 43.3 Å². The van der Waals surface area contributed by atoms with Gasteiger partial charge in [0, 0.05) is 12.5 Å². The van der Waals surface area contributed by atoms with Gasteiger partial charge >= 0.3 is 5.97 Å². The Balaban J connectivity index is 2.43. The predicted molar refractivity (Wildman–Crippen MR) is 129 cm³/mol. The zero-order valence-corrected chi connectivity index (χ0v) is 20.4. The maximum atomic E-state index is 12.2. The number of aliphatic hydroxyl groups is 1. The number of carbonyl (C=O) groups is 1. The minimum absolute atomic E-state index is 0.150. The third-order valence-corrected chi connectivity index (χ3v) is 10.9. The van der Waals surface area contributed by atoms with Crippen LogP contribution in [0.4, 0.5) is 0 Å². The van der Waals surface area contributed by atoms with Gasteiger partial charge in [0.15, 0.2) is 0 Å². The molecule has 0 heterocycles. The van der Waals surface area contributed by atoms with Crippen LogP contribution in [0.2, 0.25) is 5.04 Å². The summed E-state index contributed by atoms with van der Waals surface area (Å²) in [6.45, 7) is 12.6. The number of ether oxygens (including phenoxy) is 1. The fourth-order valence-corrected chi connectivity index (χ4v) is 8.89. The Bertz CT molecular complexity index is 790. The summed E-state index contributed by atoms with van der Waals surface area (Å²) in [7, 11) is -1.35. The van der Waals surface area contributed by atoms with Crippen molar-refractivity contribution in [1.29, 1.82) is 0 Å². The van der Waals surface area contributed by atoms with Crippen molar-refractivity contribution in [3.05, 3.63) is 73.3 Å². The van der Waals surface area contributed by atoms with E-state index in [4.69, 9.17) is 9.16 Å². The van der Waals surface area contributed by atoms with Crippen LogP contribution in [0.5, 0.6) is 0 Å². The van der Waals surface area contributed by atoms with E-state index in [1.54, 1.807) is 6.08 Å². The molecule has 168 valence electrons. The number of allylic oxidation sites excluding steroid dienone is 1. The zero-order valence-electron chi connectivity index (χ0n) is 19.4. The number of hydrogen-bond donors (Lipinski definition) is 1. The second-order valence-corrected chi connectivity index (χ2v) is 13.4. The standard InChI is InChI=1S/C26H36O4Si/c1-7-14-23(25(28)29-6)24(27)20(2)19-30-31(26(3,4)5,21-15-10-8-11-16-21)22-17-12-9-13-18-22/h7-13,15-18,20,23-24,27H,1,14,19H2,2-6H3/t20-,23-,24-/m0/s1. The third-order valence-electron chi connectivity index (χ3n) is 5.90.